The number of carbonyl (C=O) groups is 1. The van der Waals surface area contributed by atoms with Crippen LogP contribution in [0.2, 0.25) is 0 Å². The van der Waals surface area contributed by atoms with Crippen LogP contribution in [0.5, 0.6) is 0 Å². The number of hydrogen-bond donors (Lipinski definition) is 0. The minimum atomic E-state index is -0.755. The first-order valence-electron chi connectivity index (χ1n) is 3.76. The largest absolute Gasteiger partial charge is 0.295 e. The molecule has 0 aliphatic carbocycles. The van der Waals surface area contributed by atoms with Crippen LogP contribution in [-0.4, -0.2) is 30.5 Å². The average Bonchev–Trinajstić information content (AvgIpc) is 2.09. The minimum Gasteiger partial charge on any atom is -0.295 e. The molecule has 0 radical (unpaired) electrons. The molecule has 0 spiro atoms. The number of hydrogen-bond acceptors (Lipinski definition) is 5. The van der Waals surface area contributed by atoms with E-state index in [9.17, 15) is 14.4 Å². The maximum Gasteiger partial charge on any atom is 0.235 e. The molecular formula is C8H10N2O3. The van der Waals surface area contributed by atoms with Crippen molar-refractivity contribution >= 4 is 17.9 Å². The molecule has 0 N–H and O–H groups in total. The van der Waals surface area contributed by atoms with E-state index in [1.165, 1.54) is 12.2 Å². The molecule has 0 aromatic rings. The lowest BCUT2D eigenvalue weighted by Gasteiger charge is -2.10. The fraction of sp³-hybridized carbons (Fsp3) is 0.625. The summed E-state index contributed by atoms with van der Waals surface area (Å²) >= 11 is 0. The summed E-state index contributed by atoms with van der Waals surface area (Å²) in [6.07, 6.45) is 2.57. The Hall–Kier alpha value is -1.57. The van der Waals surface area contributed by atoms with Gasteiger partial charge in [0.15, 0.2) is 5.78 Å². The first-order chi connectivity index (χ1) is 6.13. The second-order valence-corrected chi connectivity index (χ2v) is 2.78. The monoisotopic (exact) mass is 182 g/mol. The van der Waals surface area contributed by atoms with Crippen molar-refractivity contribution in [2.75, 3.05) is 6.54 Å². The van der Waals surface area contributed by atoms with Gasteiger partial charge in [-0.15, -0.1) is 0 Å². The first kappa shape index (κ1) is 11.4. The lowest BCUT2D eigenvalue weighted by molar-refractivity contribution is -0.119. The fourth-order valence-corrected chi connectivity index (χ4v) is 0.853. The van der Waals surface area contributed by atoms with Crippen molar-refractivity contribution in [2.45, 2.75) is 19.9 Å². The third-order valence-electron chi connectivity index (χ3n) is 1.45. The molecule has 1 atom stereocenters. The first-order valence-corrected chi connectivity index (χ1v) is 3.76. The van der Waals surface area contributed by atoms with E-state index in [0.717, 1.165) is 0 Å². The molecule has 13 heavy (non-hydrogen) atoms. The van der Waals surface area contributed by atoms with Gasteiger partial charge >= 0.3 is 0 Å². The standard InChI is InChI=1S/C8H10N2O3/c1-6(2)8(10-5-12)7(13)3-9-4-11/h6,8H,3H2,1-2H3. The second kappa shape index (κ2) is 6.00. The number of aliphatic imine (C=N–C) groups is 2. The van der Waals surface area contributed by atoms with Crippen LogP contribution in [0.4, 0.5) is 0 Å². The van der Waals surface area contributed by atoms with E-state index in [0.29, 0.717) is 0 Å². The quantitative estimate of drug-likeness (QED) is 0.451. The Balaban J connectivity index is 4.45. The van der Waals surface area contributed by atoms with Crippen molar-refractivity contribution in [3.05, 3.63) is 0 Å². The topological polar surface area (TPSA) is 75.9 Å². The summed E-state index contributed by atoms with van der Waals surface area (Å²) < 4.78 is 0. The van der Waals surface area contributed by atoms with Gasteiger partial charge in [0, 0.05) is 0 Å². The van der Waals surface area contributed by atoms with E-state index in [2.05, 4.69) is 9.98 Å². The van der Waals surface area contributed by atoms with Gasteiger partial charge < -0.3 is 0 Å². The molecule has 0 saturated heterocycles. The zero-order valence-electron chi connectivity index (χ0n) is 7.48. The highest BCUT2D eigenvalue weighted by molar-refractivity contribution is 5.87. The predicted octanol–water partition coefficient (Wildman–Crippen LogP) is 0.252. The van der Waals surface area contributed by atoms with E-state index >= 15 is 0 Å². The Morgan fingerprint density at radius 3 is 2.31 bits per heavy atom. The summed E-state index contributed by atoms with van der Waals surface area (Å²) in [4.78, 5) is 37.3. The smallest absolute Gasteiger partial charge is 0.235 e. The molecule has 1 unspecified atom stereocenters. The van der Waals surface area contributed by atoms with Crippen LogP contribution < -0.4 is 0 Å². The lowest BCUT2D eigenvalue weighted by atomic mass is 10.0. The molecule has 0 aromatic carbocycles. The van der Waals surface area contributed by atoms with Crippen molar-refractivity contribution in [3.63, 3.8) is 0 Å². The van der Waals surface area contributed by atoms with Gasteiger partial charge in [0.2, 0.25) is 12.2 Å². The van der Waals surface area contributed by atoms with Crippen molar-refractivity contribution in [3.8, 4) is 0 Å². The average molecular weight is 182 g/mol. The number of nitrogens with zero attached hydrogens (tertiary/aromatic N) is 2. The number of isocyanates is 2. The summed E-state index contributed by atoms with van der Waals surface area (Å²) in [5, 5.41) is 0. The zero-order chi connectivity index (χ0) is 10.3. The van der Waals surface area contributed by atoms with Crippen LogP contribution in [0, 0.1) is 5.92 Å². The van der Waals surface area contributed by atoms with Gasteiger partial charge in [0.05, 0.1) is 0 Å². The molecule has 0 aliphatic rings. The Bertz CT molecular complexity index is 273. The predicted molar refractivity (Wildman–Crippen MR) is 44.7 cm³/mol. The maximum absolute atomic E-state index is 11.2. The van der Waals surface area contributed by atoms with Gasteiger partial charge in [-0.25, -0.2) is 9.59 Å². The van der Waals surface area contributed by atoms with Gasteiger partial charge in [-0.05, 0) is 5.92 Å². The molecule has 0 aromatic heterocycles. The molecule has 0 amide bonds. The Morgan fingerprint density at radius 1 is 1.31 bits per heavy atom. The Kier molecular flexibility index (Phi) is 5.28. The molecule has 0 aliphatic heterocycles. The summed E-state index contributed by atoms with van der Waals surface area (Å²) in [6.45, 7) is 3.21. The second-order valence-electron chi connectivity index (χ2n) is 2.78. The summed E-state index contributed by atoms with van der Waals surface area (Å²) in [6, 6.07) is -0.755. The highest BCUT2D eigenvalue weighted by Gasteiger charge is 2.20. The summed E-state index contributed by atoms with van der Waals surface area (Å²) in [5.74, 6) is -0.475. The summed E-state index contributed by atoms with van der Waals surface area (Å²) in [7, 11) is 0. The molecule has 5 heteroatoms. The van der Waals surface area contributed by atoms with Gasteiger partial charge in [-0.3, -0.25) is 4.79 Å². The van der Waals surface area contributed by atoms with Gasteiger partial charge in [0.1, 0.15) is 12.6 Å². The van der Waals surface area contributed by atoms with Gasteiger partial charge in [-0.1, -0.05) is 13.8 Å². The van der Waals surface area contributed by atoms with Crippen molar-refractivity contribution < 1.29 is 14.4 Å². The zero-order valence-corrected chi connectivity index (χ0v) is 7.48. The van der Waals surface area contributed by atoms with Crippen LogP contribution in [-0.2, 0) is 14.4 Å². The van der Waals surface area contributed by atoms with E-state index in [1.54, 1.807) is 13.8 Å². The molecule has 5 nitrogen and oxygen atoms in total. The van der Waals surface area contributed by atoms with E-state index < -0.39 is 6.04 Å². The molecule has 0 rings (SSSR count). The number of carbonyl (C=O) groups excluding carboxylic acids is 3. The number of rotatable bonds is 5. The highest BCUT2D eigenvalue weighted by atomic mass is 16.1. The minimum absolute atomic E-state index is 0.101. The SMILES string of the molecule is CC(C)C(N=C=O)C(=O)CN=C=O. The third-order valence-corrected chi connectivity index (χ3v) is 1.45. The normalized spacial score (nSPS) is 11.3. The Morgan fingerprint density at radius 2 is 1.92 bits per heavy atom. The molecule has 0 saturated carbocycles. The fourth-order valence-electron chi connectivity index (χ4n) is 0.853. The highest BCUT2D eigenvalue weighted by Crippen LogP contribution is 2.06. The third kappa shape index (κ3) is 4.11. The van der Waals surface area contributed by atoms with Crippen LogP contribution >= 0.6 is 0 Å². The summed E-state index contributed by atoms with van der Waals surface area (Å²) in [5.41, 5.74) is 0. The van der Waals surface area contributed by atoms with E-state index in [1.807, 2.05) is 0 Å². The van der Waals surface area contributed by atoms with E-state index in [-0.39, 0.29) is 18.2 Å². The molecule has 0 bridgehead atoms. The van der Waals surface area contributed by atoms with Crippen LogP contribution in [0.15, 0.2) is 9.98 Å². The molecule has 0 heterocycles. The van der Waals surface area contributed by atoms with Crippen molar-refractivity contribution in [2.24, 2.45) is 15.9 Å². The number of ketones is 1. The van der Waals surface area contributed by atoms with Crippen LogP contribution in [0.3, 0.4) is 0 Å². The van der Waals surface area contributed by atoms with Gasteiger partial charge in [-0.2, -0.15) is 9.98 Å². The lowest BCUT2D eigenvalue weighted by Crippen LogP contribution is -2.26. The van der Waals surface area contributed by atoms with Crippen LogP contribution in [0.1, 0.15) is 13.8 Å². The number of Topliss-reactive ketones (excluding diaryl/α,β-unsaturated/α-hetero) is 1. The van der Waals surface area contributed by atoms with Crippen molar-refractivity contribution in [1.82, 2.24) is 0 Å². The van der Waals surface area contributed by atoms with Gasteiger partial charge in [0.25, 0.3) is 0 Å². The molecule has 0 fully saturated rings. The van der Waals surface area contributed by atoms with Crippen LogP contribution in [0.25, 0.3) is 0 Å². The van der Waals surface area contributed by atoms with E-state index in [4.69, 9.17) is 0 Å². The molecular weight excluding hydrogens is 172 g/mol. The van der Waals surface area contributed by atoms with Crippen molar-refractivity contribution in [1.29, 1.82) is 0 Å². The maximum atomic E-state index is 11.2. The molecule has 70 valence electrons. The Labute approximate surface area is 75.6 Å².